The van der Waals surface area contributed by atoms with Crippen LogP contribution in [-0.2, 0) is 38.1 Å². The first kappa shape index (κ1) is 26.3. The van der Waals surface area contributed by atoms with Crippen molar-refractivity contribution in [2.45, 2.75) is 51.7 Å². The zero-order chi connectivity index (χ0) is 28.0. The monoisotopic (exact) mass is 556 g/mol. The fourth-order valence-corrected chi connectivity index (χ4v) is 7.21. The van der Waals surface area contributed by atoms with Gasteiger partial charge in [-0.2, -0.15) is 0 Å². The van der Waals surface area contributed by atoms with Gasteiger partial charge in [-0.05, 0) is 70.7 Å². The molecule has 206 valence electrons. The summed E-state index contributed by atoms with van der Waals surface area (Å²) in [6, 6.07) is 20.0. The number of amides is 1. The number of fused-ring (bicyclic) bond motifs is 5. The van der Waals surface area contributed by atoms with Crippen LogP contribution in [0, 0.1) is 5.92 Å². The van der Waals surface area contributed by atoms with Gasteiger partial charge in [0, 0.05) is 25.8 Å². The minimum Gasteiger partial charge on any atom is -0.326 e. The van der Waals surface area contributed by atoms with Crippen LogP contribution in [0.2, 0.25) is 0 Å². The van der Waals surface area contributed by atoms with Crippen LogP contribution in [0.1, 0.15) is 78.3 Å². The van der Waals surface area contributed by atoms with Gasteiger partial charge in [0.05, 0.1) is 18.6 Å². The molecule has 0 aromatic heterocycles. The molecule has 0 spiro atoms. The number of hydrogen-bond donors (Lipinski definition) is 1. The van der Waals surface area contributed by atoms with Crippen LogP contribution in [0.5, 0.6) is 0 Å². The van der Waals surface area contributed by atoms with Gasteiger partial charge in [0.25, 0.3) is 11.3 Å². The molecule has 0 saturated carbocycles. The summed E-state index contributed by atoms with van der Waals surface area (Å²) < 4.78 is 21.2. The molecule has 1 N–H and O–H groups in total. The van der Waals surface area contributed by atoms with Crippen molar-refractivity contribution in [1.29, 1.82) is 0 Å². The number of carbonyl (C=O) groups excluding carboxylic acids is 3. The second-order valence-electron chi connectivity index (χ2n) is 10.7. The highest BCUT2D eigenvalue weighted by Gasteiger charge is 2.51. The van der Waals surface area contributed by atoms with E-state index >= 15 is 0 Å². The Bertz CT molecular complexity index is 1570. The van der Waals surface area contributed by atoms with Crippen molar-refractivity contribution < 1.29 is 24.2 Å². The second-order valence-corrected chi connectivity index (χ2v) is 11.8. The molecule has 40 heavy (non-hydrogen) atoms. The maximum absolute atomic E-state index is 13.8. The fraction of sp³-hybridized carbons (Fsp3) is 0.281. The summed E-state index contributed by atoms with van der Waals surface area (Å²) in [7, 11) is 0. The molecule has 2 aliphatic carbocycles. The van der Waals surface area contributed by atoms with Crippen molar-refractivity contribution in [2.24, 2.45) is 5.92 Å². The third-order valence-electron chi connectivity index (χ3n) is 8.10. The van der Waals surface area contributed by atoms with Crippen molar-refractivity contribution in [3.8, 4) is 0 Å². The predicted molar refractivity (Wildman–Crippen MR) is 155 cm³/mol. The normalized spacial score (nSPS) is 22.2. The smallest absolute Gasteiger partial charge is 0.264 e. The van der Waals surface area contributed by atoms with Crippen LogP contribution in [0.15, 0.2) is 72.9 Å². The van der Waals surface area contributed by atoms with Crippen LogP contribution in [0.25, 0.3) is 5.57 Å². The molecule has 3 aliphatic rings. The maximum atomic E-state index is 13.8. The van der Waals surface area contributed by atoms with Crippen LogP contribution < -0.4 is 5.32 Å². The number of hydrogen-bond acceptors (Lipinski definition) is 5. The van der Waals surface area contributed by atoms with Gasteiger partial charge in [-0.15, -0.1) is 0 Å². The minimum atomic E-state index is -1.94. The van der Waals surface area contributed by atoms with Gasteiger partial charge in [-0.3, -0.25) is 22.9 Å². The van der Waals surface area contributed by atoms with Gasteiger partial charge in [0.2, 0.25) is 17.5 Å². The predicted octanol–water partition coefficient (Wildman–Crippen LogP) is 5.91. The quantitative estimate of drug-likeness (QED) is 0.381. The summed E-state index contributed by atoms with van der Waals surface area (Å²) in [5, 5.41) is 2.72. The summed E-state index contributed by atoms with van der Waals surface area (Å²) in [6.07, 6.45) is 4.50. The highest BCUT2D eigenvalue weighted by Crippen LogP contribution is 2.51. The van der Waals surface area contributed by atoms with E-state index in [1.165, 1.54) is 6.92 Å². The Morgan fingerprint density at radius 2 is 1.77 bits per heavy atom. The third-order valence-corrected chi connectivity index (χ3v) is 9.10. The van der Waals surface area contributed by atoms with Gasteiger partial charge in [-0.1, -0.05) is 61.5 Å². The topological polar surface area (TPSA) is 92.8 Å². The van der Waals surface area contributed by atoms with Crippen molar-refractivity contribution in [2.75, 3.05) is 5.32 Å². The van der Waals surface area contributed by atoms with Gasteiger partial charge >= 0.3 is 0 Å². The lowest BCUT2D eigenvalue weighted by atomic mass is 9.70. The second kappa shape index (κ2) is 10.6. The molecule has 3 aromatic rings. The Morgan fingerprint density at radius 1 is 1.05 bits per heavy atom. The number of Topliss-reactive ketones (excluding diaryl/α,β-unsaturated/α-hetero) is 2. The Hall–Kier alpha value is -3.88. The summed E-state index contributed by atoms with van der Waals surface area (Å²) in [5.41, 5.74) is 6.24. The Morgan fingerprint density at radius 3 is 2.50 bits per heavy atom. The highest BCUT2D eigenvalue weighted by molar-refractivity contribution is 7.77. The number of carbonyl (C=O) groups is 3. The molecule has 4 atom stereocenters. The summed E-state index contributed by atoms with van der Waals surface area (Å²) >= 11 is -1.94. The van der Waals surface area contributed by atoms with Crippen LogP contribution in [0.3, 0.4) is 0 Å². The van der Waals surface area contributed by atoms with Gasteiger partial charge < -0.3 is 5.32 Å². The van der Waals surface area contributed by atoms with E-state index in [1.807, 2.05) is 36.4 Å². The number of nitrogens with zero attached hydrogens (tertiary/aromatic N) is 1. The maximum Gasteiger partial charge on any atom is 0.264 e. The van der Waals surface area contributed by atoms with Crippen LogP contribution in [-0.4, -0.2) is 26.0 Å². The van der Waals surface area contributed by atoms with E-state index in [1.54, 1.807) is 34.8 Å². The Kier molecular flexibility index (Phi) is 6.98. The molecule has 1 aliphatic heterocycles. The van der Waals surface area contributed by atoms with E-state index in [9.17, 15) is 18.6 Å². The van der Waals surface area contributed by atoms with Gasteiger partial charge in [0.15, 0.2) is 0 Å². The molecule has 3 aromatic carbocycles. The van der Waals surface area contributed by atoms with Crippen LogP contribution in [0.4, 0.5) is 5.69 Å². The first-order valence-electron chi connectivity index (χ1n) is 13.5. The molecule has 6 rings (SSSR count). The summed E-state index contributed by atoms with van der Waals surface area (Å²) in [5.74, 6) is -1.52. The molecule has 1 amide bonds. The van der Waals surface area contributed by atoms with Gasteiger partial charge in [-0.25, -0.2) is 4.21 Å². The van der Waals surface area contributed by atoms with Crippen molar-refractivity contribution >= 4 is 40.0 Å². The Labute approximate surface area is 237 Å². The summed E-state index contributed by atoms with van der Waals surface area (Å²) in [4.78, 5) is 38.8. The van der Waals surface area contributed by atoms with E-state index in [0.717, 1.165) is 47.1 Å². The van der Waals surface area contributed by atoms with E-state index in [0.29, 0.717) is 22.7 Å². The SMILES string of the molecule is CC(=O)Nc1ccc(COS(=O)N2C=C(c3ccccc3)C3C(=O)C(=O)c4c(ccc5c4CCCC5C)C32)cc1.[HH]. The van der Waals surface area contributed by atoms with E-state index in [-0.39, 0.29) is 13.9 Å². The van der Waals surface area contributed by atoms with Crippen molar-refractivity contribution in [3.63, 3.8) is 0 Å². The first-order chi connectivity index (χ1) is 19.3. The average Bonchev–Trinajstić information content (AvgIpc) is 3.36. The zero-order valence-electron chi connectivity index (χ0n) is 22.4. The molecule has 1 heterocycles. The summed E-state index contributed by atoms with van der Waals surface area (Å²) in [6.45, 7) is 3.67. The Balaban J connectivity index is 0.00000337. The molecular formula is C32H32N2O5S. The average molecular weight is 557 g/mol. The highest BCUT2D eigenvalue weighted by atomic mass is 32.2. The van der Waals surface area contributed by atoms with E-state index in [2.05, 4.69) is 18.3 Å². The van der Waals surface area contributed by atoms with E-state index in [4.69, 9.17) is 4.18 Å². The van der Waals surface area contributed by atoms with Gasteiger partial charge in [0.1, 0.15) is 0 Å². The van der Waals surface area contributed by atoms with Crippen LogP contribution >= 0.6 is 0 Å². The lowest BCUT2D eigenvalue weighted by Crippen LogP contribution is -2.40. The molecule has 8 heteroatoms. The molecular weight excluding hydrogens is 524 g/mol. The molecule has 4 unspecified atom stereocenters. The number of anilines is 1. The van der Waals surface area contributed by atoms with Crippen molar-refractivity contribution in [3.05, 3.63) is 106 Å². The molecule has 0 radical (unpaired) electrons. The first-order valence-corrected chi connectivity index (χ1v) is 14.6. The molecule has 0 fully saturated rings. The van der Waals surface area contributed by atoms with E-state index < -0.39 is 34.8 Å². The largest absolute Gasteiger partial charge is 0.326 e. The number of nitrogens with one attached hydrogen (secondary N) is 1. The zero-order valence-corrected chi connectivity index (χ0v) is 23.2. The number of benzene rings is 3. The lowest BCUT2D eigenvalue weighted by Gasteiger charge is -2.35. The number of ketones is 2. The number of rotatable bonds is 6. The minimum absolute atomic E-state index is 0. The standard InChI is InChI=1S/C32H30N2O5S.H2/c1-19-7-6-10-25-24(19)15-16-26-28(25)31(36)32(37)29-27(22-8-4-3-5-9-22)17-34(30(26)29)40(38)39-18-21-11-13-23(14-12-21)33-20(2)35;/h3-5,8-9,11-17,19,29-30H,6-7,10,18H2,1-2H3,(H,33,35);1H. The molecule has 7 nitrogen and oxygen atoms in total. The van der Waals surface area contributed by atoms with Crippen molar-refractivity contribution in [1.82, 2.24) is 4.31 Å². The lowest BCUT2D eigenvalue weighted by molar-refractivity contribution is -0.118. The third kappa shape index (κ3) is 4.61. The fourth-order valence-electron chi connectivity index (χ4n) is 6.24. The molecule has 0 bridgehead atoms. The molecule has 0 saturated heterocycles.